The largest absolute Gasteiger partial charge is 0.288 e. The lowest BCUT2D eigenvalue weighted by Crippen LogP contribution is -2.19. The van der Waals surface area contributed by atoms with Crippen molar-refractivity contribution >= 4 is 22.7 Å². The quantitative estimate of drug-likeness (QED) is 0.580. The van der Waals surface area contributed by atoms with Gasteiger partial charge in [0.1, 0.15) is 0 Å². The van der Waals surface area contributed by atoms with Crippen molar-refractivity contribution in [3.05, 3.63) is 71.3 Å². The van der Waals surface area contributed by atoms with Crippen molar-refractivity contribution in [1.82, 2.24) is 24.7 Å². The second kappa shape index (κ2) is 6.29. The maximum Gasteiger partial charge on any atom is 0.261 e. The molecule has 118 valence electrons. The van der Waals surface area contributed by atoms with Crippen LogP contribution in [0.5, 0.6) is 0 Å². The first-order chi connectivity index (χ1) is 11.8. The van der Waals surface area contributed by atoms with E-state index in [9.17, 15) is 4.79 Å². The zero-order valence-electron chi connectivity index (χ0n) is 12.6. The minimum absolute atomic E-state index is 0.0630. The summed E-state index contributed by atoms with van der Waals surface area (Å²) in [4.78, 5) is 21.2. The summed E-state index contributed by atoms with van der Waals surface area (Å²) >= 11 is 1.38. The van der Waals surface area contributed by atoms with Crippen LogP contribution in [-0.4, -0.2) is 24.7 Å². The summed E-state index contributed by atoms with van der Waals surface area (Å²) in [5, 5.41) is 8.31. The van der Waals surface area contributed by atoms with Crippen molar-refractivity contribution in [2.45, 2.75) is 11.0 Å². The SMILES string of the molecule is O=c1c2ccccc2ncn1CSc1n[nH]c(-c2ccccc2)n1. The molecule has 0 saturated carbocycles. The van der Waals surface area contributed by atoms with Gasteiger partial charge < -0.3 is 0 Å². The molecule has 6 nitrogen and oxygen atoms in total. The molecular formula is C17H13N5OS. The number of para-hydroxylation sites is 1. The standard InChI is InChI=1S/C17H13N5OS/c23-16-13-8-4-5-9-14(13)18-10-22(16)11-24-17-19-15(20-21-17)12-6-2-1-3-7-12/h1-10H,11H2,(H,19,20,21). The highest BCUT2D eigenvalue weighted by atomic mass is 32.2. The Morgan fingerprint density at radius 3 is 2.71 bits per heavy atom. The Bertz CT molecular complexity index is 1040. The van der Waals surface area contributed by atoms with E-state index in [-0.39, 0.29) is 5.56 Å². The molecule has 0 amide bonds. The van der Waals surface area contributed by atoms with Gasteiger partial charge in [0.25, 0.3) is 5.56 Å². The van der Waals surface area contributed by atoms with Crippen LogP contribution in [0.3, 0.4) is 0 Å². The Labute approximate surface area is 141 Å². The van der Waals surface area contributed by atoms with Crippen molar-refractivity contribution in [1.29, 1.82) is 0 Å². The lowest BCUT2D eigenvalue weighted by atomic mass is 10.2. The van der Waals surface area contributed by atoms with Crippen LogP contribution in [-0.2, 0) is 5.88 Å². The number of hydrogen-bond acceptors (Lipinski definition) is 5. The molecule has 2 aromatic carbocycles. The molecule has 0 aliphatic carbocycles. The maximum atomic E-state index is 12.4. The van der Waals surface area contributed by atoms with Crippen LogP contribution in [0.15, 0.2) is 70.9 Å². The smallest absolute Gasteiger partial charge is 0.261 e. The van der Waals surface area contributed by atoms with Crippen molar-refractivity contribution < 1.29 is 0 Å². The molecule has 0 saturated heterocycles. The lowest BCUT2D eigenvalue weighted by Gasteiger charge is -2.04. The van der Waals surface area contributed by atoms with Gasteiger partial charge in [-0.2, -0.15) is 0 Å². The van der Waals surface area contributed by atoms with Crippen LogP contribution >= 0.6 is 11.8 Å². The molecule has 1 N–H and O–H groups in total. The van der Waals surface area contributed by atoms with Gasteiger partial charge in [-0.1, -0.05) is 54.2 Å². The predicted molar refractivity (Wildman–Crippen MR) is 93.7 cm³/mol. The number of fused-ring (bicyclic) bond motifs is 1. The van der Waals surface area contributed by atoms with Crippen LogP contribution in [0.25, 0.3) is 22.3 Å². The highest BCUT2D eigenvalue weighted by molar-refractivity contribution is 7.98. The summed E-state index contributed by atoms with van der Waals surface area (Å²) in [7, 11) is 0. The lowest BCUT2D eigenvalue weighted by molar-refractivity contribution is 0.818. The fourth-order valence-corrected chi connectivity index (χ4v) is 3.07. The average Bonchev–Trinajstić information content (AvgIpc) is 3.11. The Morgan fingerprint density at radius 2 is 1.83 bits per heavy atom. The second-order valence-corrected chi connectivity index (χ2v) is 6.05. The maximum absolute atomic E-state index is 12.4. The number of aromatic nitrogens is 5. The van der Waals surface area contributed by atoms with Crippen LogP contribution in [0.2, 0.25) is 0 Å². The Hall–Kier alpha value is -2.93. The number of rotatable bonds is 4. The number of hydrogen-bond donors (Lipinski definition) is 1. The molecule has 0 spiro atoms. The number of nitrogens with one attached hydrogen (secondary N) is 1. The second-order valence-electron chi connectivity index (χ2n) is 5.14. The fraction of sp³-hybridized carbons (Fsp3) is 0.0588. The molecule has 4 rings (SSSR count). The van der Waals surface area contributed by atoms with E-state index in [2.05, 4.69) is 20.2 Å². The normalized spacial score (nSPS) is 11.0. The molecule has 0 aliphatic rings. The molecule has 24 heavy (non-hydrogen) atoms. The summed E-state index contributed by atoms with van der Waals surface area (Å²) in [6.45, 7) is 0. The summed E-state index contributed by atoms with van der Waals surface area (Å²) in [5.41, 5.74) is 1.61. The van der Waals surface area contributed by atoms with Crippen molar-refractivity contribution in [2.24, 2.45) is 0 Å². The molecule has 0 atom stereocenters. The predicted octanol–water partition coefficient (Wildman–Crippen LogP) is 2.93. The number of benzene rings is 2. The van der Waals surface area contributed by atoms with Gasteiger partial charge in [-0.05, 0) is 12.1 Å². The van der Waals surface area contributed by atoms with Gasteiger partial charge >= 0.3 is 0 Å². The van der Waals surface area contributed by atoms with Crippen LogP contribution in [0.1, 0.15) is 0 Å². The number of nitrogens with zero attached hydrogens (tertiary/aromatic N) is 4. The first kappa shape index (κ1) is 14.6. The van der Waals surface area contributed by atoms with Gasteiger partial charge in [0.2, 0.25) is 5.16 Å². The Kier molecular flexibility index (Phi) is 3.84. The van der Waals surface area contributed by atoms with E-state index in [1.165, 1.54) is 11.8 Å². The first-order valence-corrected chi connectivity index (χ1v) is 8.34. The molecule has 0 radical (unpaired) electrons. The molecule has 0 fully saturated rings. The minimum atomic E-state index is -0.0630. The van der Waals surface area contributed by atoms with Gasteiger partial charge in [-0.25, -0.2) is 9.97 Å². The third-order valence-corrected chi connectivity index (χ3v) is 4.42. The zero-order chi connectivity index (χ0) is 16.4. The van der Waals surface area contributed by atoms with Crippen LogP contribution in [0, 0.1) is 0 Å². The monoisotopic (exact) mass is 335 g/mol. The van der Waals surface area contributed by atoms with Gasteiger partial charge in [-0.3, -0.25) is 14.5 Å². The van der Waals surface area contributed by atoms with E-state index >= 15 is 0 Å². The number of aromatic amines is 1. The Balaban J connectivity index is 1.55. The molecular weight excluding hydrogens is 322 g/mol. The highest BCUT2D eigenvalue weighted by Crippen LogP contribution is 2.19. The van der Waals surface area contributed by atoms with E-state index in [1.807, 2.05) is 48.5 Å². The summed E-state index contributed by atoms with van der Waals surface area (Å²) in [5.74, 6) is 1.12. The Morgan fingerprint density at radius 1 is 1.04 bits per heavy atom. The van der Waals surface area contributed by atoms with Crippen LogP contribution < -0.4 is 5.56 Å². The van der Waals surface area contributed by atoms with E-state index in [1.54, 1.807) is 17.0 Å². The molecule has 4 aromatic rings. The van der Waals surface area contributed by atoms with E-state index < -0.39 is 0 Å². The highest BCUT2D eigenvalue weighted by Gasteiger charge is 2.08. The zero-order valence-corrected chi connectivity index (χ0v) is 13.4. The molecule has 2 heterocycles. The van der Waals surface area contributed by atoms with Gasteiger partial charge in [-0.15, -0.1) is 5.10 Å². The van der Waals surface area contributed by atoms with Gasteiger partial charge in [0.05, 0.1) is 23.1 Å². The average molecular weight is 335 g/mol. The van der Waals surface area contributed by atoms with Crippen molar-refractivity contribution in [2.75, 3.05) is 0 Å². The van der Waals surface area contributed by atoms with Crippen molar-refractivity contribution in [3.8, 4) is 11.4 Å². The summed E-state index contributed by atoms with van der Waals surface area (Å²) in [6, 6.07) is 17.1. The molecule has 2 aromatic heterocycles. The third kappa shape index (κ3) is 2.81. The van der Waals surface area contributed by atoms with Crippen LogP contribution in [0.4, 0.5) is 0 Å². The van der Waals surface area contributed by atoms with Gasteiger partial charge in [0, 0.05) is 5.56 Å². The van der Waals surface area contributed by atoms with E-state index in [0.29, 0.717) is 27.8 Å². The fourth-order valence-electron chi connectivity index (χ4n) is 2.36. The van der Waals surface area contributed by atoms with E-state index in [4.69, 9.17) is 0 Å². The third-order valence-electron chi connectivity index (χ3n) is 3.58. The van der Waals surface area contributed by atoms with Gasteiger partial charge in [0.15, 0.2) is 5.82 Å². The molecule has 0 aliphatic heterocycles. The topological polar surface area (TPSA) is 76.5 Å². The summed E-state index contributed by atoms with van der Waals surface area (Å²) in [6.07, 6.45) is 1.56. The molecule has 7 heteroatoms. The number of thioether (sulfide) groups is 1. The summed E-state index contributed by atoms with van der Waals surface area (Å²) < 4.78 is 1.56. The minimum Gasteiger partial charge on any atom is -0.288 e. The number of H-pyrrole nitrogens is 1. The molecule has 0 unspecified atom stereocenters. The van der Waals surface area contributed by atoms with Crippen molar-refractivity contribution in [3.63, 3.8) is 0 Å². The molecule has 0 bridgehead atoms. The van der Waals surface area contributed by atoms with E-state index in [0.717, 1.165) is 5.56 Å². The first-order valence-electron chi connectivity index (χ1n) is 7.36.